The van der Waals surface area contributed by atoms with Crippen LogP contribution in [0.5, 0.6) is 0 Å². The second-order valence-corrected chi connectivity index (χ2v) is 9.53. The first-order chi connectivity index (χ1) is 14.0. The number of carbonyl (C=O) groups excluding carboxylic acids is 1. The van der Waals surface area contributed by atoms with E-state index >= 15 is 0 Å². The van der Waals surface area contributed by atoms with Crippen LogP contribution in [0, 0.1) is 12.8 Å². The van der Waals surface area contributed by atoms with Gasteiger partial charge in [0.15, 0.2) is 0 Å². The molecule has 0 radical (unpaired) electrons. The van der Waals surface area contributed by atoms with E-state index in [-0.39, 0.29) is 10.8 Å². The number of sulfonamides is 1. The third-order valence-corrected chi connectivity index (χ3v) is 6.99. The second kappa shape index (κ2) is 9.92. The topological polar surface area (TPSA) is 75.3 Å². The van der Waals surface area contributed by atoms with Gasteiger partial charge in [0.25, 0.3) is 15.9 Å². The standard InChI is InChI=1S/C23H30N2O3S/c1-18-13-14-20(23(26)24-16-15-19-9-5-2-3-6-10-19)17-22(18)25-29(27,28)21-11-7-4-8-12-21/h4,7-8,11-14,17,19,25H,2-3,5-6,9-10,15-16H2,1H3,(H,24,26). The molecular weight excluding hydrogens is 384 g/mol. The number of anilines is 1. The Kier molecular flexibility index (Phi) is 7.31. The van der Waals surface area contributed by atoms with E-state index in [4.69, 9.17) is 0 Å². The van der Waals surface area contributed by atoms with Crippen LogP contribution in [0.3, 0.4) is 0 Å². The van der Waals surface area contributed by atoms with Crippen molar-refractivity contribution in [1.29, 1.82) is 0 Å². The highest BCUT2D eigenvalue weighted by Gasteiger charge is 2.17. The second-order valence-electron chi connectivity index (χ2n) is 7.85. The number of hydrogen-bond acceptors (Lipinski definition) is 3. The summed E-state index contributed by atoms with van der Waals surface area (Å²) in [5.74, 6) is 0.530. The van der Waals surface area contributed by atoms with Gasteiger partial charge in [0.2, 0.25) is 0 Å². The molecule has 3 rings (SSSR count). The van der Waals surface area contributed by atoms with Crippen LogP contribution >= 0.6 is 0 Å². The van der Waals surface area contributed by atoms with E-state index in [9.17, 15) is 13.2 Å². The Morgan fingerprint density at radius 3 is 2.38 bits per heavy atom. The summed E-state index contributed by atoms with van der Waals surface area (Å²) in [7, 11) is -3.69. The minimum atomic E-state index is -3.69. The third kappa shape index (κ3) is 6.07. The van der Waals surface area contributed by atoms with E-state index < -0.39 is 10.0 Å². The van der Waals surface area contributed by atoms with Gasteiger partial charge in [-0.15, -0.1) is 0 Å². The van der Waals surface area contributed by atoms with E-state index in [0.29, 0.717) is 23.7 Å². The lowest BCUT2D eigenvalue weighted by Crippen LogP contribution is -2.26. The van der Waals surface area contributed by atoms with Gasteiger partial charge in [-0.1, -0.05) is 62.8 Å². The summed E-state index contributed by atoms with van der Waals surface area (Å²) < 4.78 is 27.8. The van der Waals surface area contributed by atoms with Gasteiger partial charge in [0, 0.05) is 12.1 Å². The molecule has 1 amide bonds. The van der Waals surface area contributed by atoms with Crippen LogP contribution in [-0.2, 0) is 10.0 Å². The summed E-state index contributed by atoms with van der Waals surface area (Å²) in [6.45, 7) is 2.47. The van der Waals surface area contributed by atoms with E-state index in [1.54, 1.807) is 48.5 Å². The van der Waals surface area contributed by atoms with Crippen molar-refractivity contribution in [3.8, 4) is 0 Å². The van der Waals surface area contributed by atoms with Crippen molar-refractivity contribution in [2.24, 2.45) is 5.92 Å². The van der Waals surface area contributed by atoms with Gasteiger partial charge in [-0.25, -0.2) is 8.42 Å². The molecule has 2 aromatic rings. The third-order valence-electron chi connectivity index (χ3n) is 5.61. The molecule has 0 heterocycles. The molecule has 0 bridgehead atoms. The van der Waals surface area contributed by atoms with Crippen molar-refractivity contribution in [3.63, 3.8) is 0 Å². The molecule has 156 valence electrons. The highest BCUT2D eigenvalue weighted by molar-refractivity contribution is 7.92. The van der Waals surface area contributed by atoms with E-state index in [1.807, 2.05) is 6.92 Å². The number of carbonyl (C=O) groups is 1. The van der Waals surface area contributed by atoms with Crippen LogP contribution in [0.15, 0.2) is 53.4 Å². The Labute approximate surface area is 174 Å². The van der Waals surface area contributed by atoms with Gasteiger partial charge in [-0.2, -0.15) is 0 Å². The van der Waals surface area contributed by atoms with Crippen molar-refractivity contribution in [3.05, 3.63) is 59.7 Å². The zero-order valence-electron chi connectivity index (χ0n) is 17.0. The molecular formula is C23H30N2O3S. The summed E-state index contributed by atoms with van der Waals surface area (Å²) in [6, 6.07) is 13.3. The van der Waals surface area contributed by atoms with Gasteiger partial charge < -0.3 is 5.32 Å². The first-order valence-electron chi connectivity index (χ1n) is 10.4. The Balaban J connectivity index is 1.62. The van der Waals surface area contributed by atoms with Gasteiger partial charge in [0.05, 0.1) is 10.6 Å². The number of amides is 1. The summed E-state index contributed by atoms with van der Waals surface area (Å²) in [4.78, 5) is 12.8. The number of aryl methyl sites for hydroxylation is 1. The van der Waals surface area contributed by atoms with Crippen LogP contribution in [-0.4, -0.2) is 20.9 Å². The first-order valence-corrected chi connectivity index (χ1v) is 11.9. The minimum absolute atomic E-state index is 0.168. The SMILES string of the molecule is Cc1ccc(C(=O)NCCC2CCCCCC2)cc1NS(=O)(=O)c1ccccc1. The molecule has 6 heteroatoms. The molecule has 29 heavy (non-hydrogen) atoms. The molecule has 0 aliphatic heterocycles. The van der Waals surface area contributed by atoms with Gasteiger partial charge in [0.1, 0.15) is 0 Å². The number of benzene rings is 2. The molecule has 2 N–H and O–H groups in total. The first kappa shape index (κ1) is 21.4. The fraction of sp³-hybridized carbons (Fsp3) is 0.435. The Morgan fingerprint density at radius 1 is 1.00 bits per heavy atom. The molecule has 5 nitrogen and oxygen atoms in total. The Hall–Kier alpha value is -2.34. The van der Waals surface area contributed by atoms with Crippen molar-refractivity contribution in [2.75, 3.05) is 11.3 Å². The molecule has 0 spiro atoms. The lowest BCUT2D eigenvalue weighted by molar-refractivity contribution is 0.0951. The van der Waals surface area contributed by atoms with E-state index in [1.165, 1.54) is 38.5 Å². The van der Waals surface area contributed by atoms with Crippen molar-refractivity contribution >= 4 is 21.6 Å². The van der Waals surface area contributed by atoms with Crippen LogP contribution in [0.25, 0.3) is 0 Å². The minimum Gasteiger partial charge on any atom is -0.352 e. The lowest BCUT2D eigenvalue weighted by Gasteiger charge is -2.15. The summed E-state index contributed by atoms with van der Waals surface area (Å²) in [5.41, 5.74) is 1.65. The van der Waals surface area contributed by atoms with Gasteiger partial charge in [-0.3, -0.25) is 9.52 Å². The maximum Gasteiger partial charge on any atom is 0.261 e. The zero-order chi connectivity index (χ0) is 20.7. The normalized spacial score (nSPS) is 15.5. The van der Waals surface area contributed by atoms with E-state index in [2.05, 4.69) is 10.0 Å². The largest absolute Gasteiger partial charge is 0.352 e. The predicted octanol–water partition coefficient (Wildman–Crippen LogP) is 4.89. The maximum absolute atomic E-state index is 12.6. The molecule has 1 aliphatic rings. The number of rotatable bonds is 7. The Bertz CT molecular complexity index is 918. The average molecular weight is 415 g/mol. The summed E-state index contributed by atoms with van der Waals surface area (Å²) in [5, 5.41) is 2.99. The molecule has 1 fully saturated rings. The van der Waals surface area contributed by atoms with Crippen molar-refractivity contribution in [1.82, 2.24) is 5.32 Å². The molecule has 0 saturated heterocycles. The molecule has 2 aromatic carbocycles. The Morgan fingerprint density at radius 2 is 1.69 bits per heavy atom. The zero-order valence-corrected chi connectivity index (χ0v) is 17.8. The molecule has 0 atom stereocenters. The highest BCUT2D eigenvalue weighted by Crippen LogP contribution is 2.25. The smallest absolute Gasteiger partial charge is 0.261 e. The van der Waals surface area contributed by atoms with Crippen LogP contribution in [0.2, 0.25) is 0 Å². The van der Waals surface area contributed by atoms with E-state index in [0.717, 1.165) is 12.0 Å². The summed E-state index contributed by atoms with van der Waals surface area (Å²) >= 11 is 0. The summed E-state index contributed by atoms with van der Waals surface area (Å²) in [6.07, 6.45) is 8.76. The van der Waals surface area contributed by atoms with Crippen molar-refractivity contribution < 1.29 is 13.2 Å². The van der Waals surface area contributed by atoms with Gasteiger partial charge >= 0.3 is 0 Å². The van der Waals surface area contributed by atoms with Crippen LogP contribution in [0.4, 0.5) is 5.69 Å². The molecule has 1 saturated carbocycles. The van der Waals surface area contributed by atoms with Crippen LogP contribution in [0.1, 0.15) is 60.9 Å². The molecule has 0 unspecified atom stereocenters. The average Bonchev–Trinajstić information content (AvgIpc) is 2.99. The lowest BCUT2D eigenvalue weighted by atomic mass is 9.97. The molecule has 1 aliphatic carbocycles. The quantitative estimate of drug-likeness (QED) is 0.634. The monoisotopic (exact) mass is 414 g/mol. The number of hydrogen-bond donors (Lipinski definition) is 2. The fourth-order valence-electron chi connectivity index (χ4n) is 3.82. The van der Waals surface area contributed by atoms with Crippen LogP contribution < -0.4 is 10.0 Å². The fourth-order valence-corrected chi connectivity index (χ4v) is 4.96. The van der Waals surface area contributed by atoms with Gasteiger partial charge in [-0.05, 0) is 49.1 Å². The predicted molar refractivity (Wildman–Crippen MR) is 117 cm³/mol. The van der Waals surface area contributed by atoms with Crippen molar-refractivity contribution in [2.45, 2.75) is 56.8 Å². The molecule has 0 aromatic heterocycles. The number of nitrogens with one attached hydrogen (secondary N) is 2. The highest BCUT2D eigenvalue weighted by atomic mass is 32.2. The maximum atomic E-state index is 12.6.